The molecule has 1 N–H and O–H groups in total. The third-order valence-electron chi connectivity index (χ3n) is 3.06. The van der Waals surface area contributed by atoms with Crippen molar-refractivity contribution in [3.8, 4) is 0 Å². The van der Waals surface area contributed by atoms with E-state index in [9.17, 15) is 9.59 Å². The lowest BCUT2D eigenvalue weighted by molar-refractivity contribution is -0.145. The number of esters is 1. The van der Waals surface area contributed by atoms with Gasteiger partial charge < -0.3 is 14.8 Å². The van der Waals surface area contributed by atoms with Crippen molar-refractivity contribution in [2.45, 2.75) is 32.3 Å². The number of amides is 1. The fourth-order valence-electron chi connectivity index (χ4n) is 1.98. The van der Waals surface area contributed by atoms with Crippen molar-refractivity contribution in [2.24, 2.45) is 0 Å². The number of morpholine rings is 1. The molecule has 1 unspecified atom stereocenters. The minimum atomic E-state index is -0.278. The SMILES string of the molecule is CCCCNC(=O)CN1CCOC(CC(=O)OC)C1. The summed E-state index contributed by atoms with van der Waals surface area (Å²) in [6.07, 6.45) is 2.13. The summed E-state index contributed by atoms with van der Waals surface area (Å²) < 4.78 is 10.1. The van der Waals surface area contributed by atoms with Crippen LogP contribution in [0.15, 0.2) is 0 Å². The van der Waals surface area contributed by atoms with Crippen LogP contribution in [0.4, 0.5) is 0 Å². The number of hydrogen-bond donors (Lipinski definition) is 1. The first kappa shape index (κ1) is 15.9. The van der Waals surface area contributed by atoms with Crippen LogP contribution in [-0.2, 0) is 19.1 Å². The minimum absolute atomic E-state index is 0.0344. The predicted molar refractivity (Wildman–Crippen MR) is 70.7 cm³/mol. The van der Waals surface area contributed by atoms with Gasteiger partial charge in [-0.15, -0.1) is 0 Å². The van der Waals surface area contributed by atoms with Crippen molar-refractivity contribution in [3.63, 3.8) is 0 Å². The number of rotatable bonds is 7. The lowest BCUT2D eigenvalue weighted by Crippen LogP contribution is -2.47. The number of nitrogens with one attached hydrogen (secondary N) is 1. The number of nitrogens with zero attached hydrogens (tertiary/aromatic N) is 1. The largest absolute Gasteiger partial charge is 0.469 e. The van der Waals surface area contributed by atoms with Crippen LogP contribution < -0.4 is 5.32 Å². The van der Waals surface area contributed by atoms with Crippen molar-refractivity contribution in [2.75, 3.05) is 39.9 Å². The Bertz CT molecular complexity index is 296. The van der Waals surface area contributed by atoms with Gasteiger partial charge in [-0.3, -0.25) is 14.5 Å². The Morgan fingerprint density at radius 2 is 2.26 bits per heavy atom. The molecule has 6 nitrogen and oxygen atoms in total. The average molecular weight is 272 g/mol. The van der Waals surface area contributed by atoms with E-state index in [4.69, 9.17) is 4.74 Å². The monoisotopic (exact) mass is 272 g/mol. The molecule has 1 aliphatic heterocycles. The molecule has 0 saturated carbocycles. The van der Waals surface area contributed by atoms with Gasteiger partial charge in [0.2, 0.25) is 5.91 Å². The third-order valence-corrected chi connectivity index (χ3v) is 3.06. The van der Waals surface area contributed by atoms with E-state index in [-0.39, 0.29) is 24.4 Å². The Kier molecular flexibility index (Phi) is 7.43. The van der Waals surface area contributed by atoms with Crippen LogP contribution in [0.5, 0.6) is 0 Å². The summed E-state index contributed by atoms with van der Waals surface area (Å²) in [4.78, 5) is 24.9. The summed E-state index contributed by atoms with van der Waals surface area (Å²) in [5.74, 6) is -0.244. The fourth-order valence-corrected chi connectivity index (χ4v) is 1.98. The Balaban J connectivity index is 2.26. The van der Waals surface area contributed by atoms with E-state index in [0.29, 0.717) is 19.7 Å². The molecule has 1 amide bonds. The molecule has 19 heavy (non-hydrogen) atoms. The molecule has 6 heteroatoms. The predicted octanol–water partition coefficient (Wildman–Crippen LogP) is 0.167. The number of carbonyl (C=O) groups is 2. The van der Waals surface area contributed by atoms with Crippen molar-refractivity contribution in [1.29, 1.82) is 0 Å². The molecule has 1 atom stereocenters. The molecule has 0 spiro atoms. The quantitative estimate of drug-likeness (QED) is 0.528. The molecule has 0 bridgehead atoms. The molecule has 0 aromatic heterocycles. The maximum absolute atomic E-state index is 11.7. The van der Waals surface area contributed by atoms with Gasteiger partial charge in [0.1, 0.15) is 0 Å². The first-order chi connectivity index (χ1) is 9.15. The van der Waals surface area contributed by atoms with Crippen LogP contribution >= 0.6 is 0 Å². The van der Waals surface area contributed by atoms with E-state index in [1.807, 2.05) is 4.90 Å². The van der Waals surface area contributed by atoms with E-state index < -0.39 is 0 Å². The molecule has 1 saturated heterocycles. The van der Waals surface area contributed by atoms with Gasteiger partial charge in [0, 0.05) is 19.6 Å². The van der Waals surface area contributed by atoms with Gasteiger partial charge in [-0.05, 0) is 6.42 Å². The van der Waals surface area contributed by atoms with Crippen molar-refractivity contribution >= 4 is 11.9 Å². The number of ether oxygens (including phenoxy) is 2. The molecule has 1 fully saturated rings. The molecule has 1 heterocycles. The first-order valence-corrected chi connectivity index (χ1v) is 6.83. The highest BCUT2D eigenvalue weighted by Gasteiger charge is 2.24. The second kappa shape index (κ2) is 8.87. The number of unbranched alkanes of at least 4 members (excludes halogenated alkanes) is 1. The molecule has 1 rings (SSSR count). The second-order valence-corrected chi connectivity index (χ2v) is 4.71. The zero-order valence-electron chi connectivity index (χ0n) is 11.8. The lowest BCUT2D eigenvalue weighted by Gasteiger charge is -2.31. The van der Waals surface area contributed by atoms with Gasteiger partial charge in [-0.25, -0.2) is 0 Å². The molecule has 0 aromatic rings. The zero-order chi connectivity index (χ0) is 14.1. The van der Waals surface area contributed by atoms with E-state index in [1.165, 1.54) is 7.11 Å². The van der Waals surface area contributed by atoms with Gasteiger partial charge in [0.25, 0.3) is 0 Å². The molecule has 110 valence electrons. The molecule has 1 aliphatic rings. The summed E-state index contributed by atoms with van der Waals surface area (Å²) in [6, 6.07) is 0. The molecular formula is C13H24N2O4. The van der Waals surface area contributed by atoms with Gasteiger partial charge in [-0.1, -0.05) is 13.3 Å². The van der Waals surface area contributed by atoms with Crippen LogP contribution in [0.3, 0.4) is 0 Å². The number of hydrogen-bond acceptors (Lipinski definition) is 5. The van der Waals surface area contributed by atoms with Crippen LogP contribution in [0, 0.1) is 0 Å². The minimum Gasteiger partial charge on any atom is -0.469 e. The summed E-state index contributed by atoms with van der Waals surface area (Å²) >= 11 is 0. The number of methoxy groups -OCH3 is 1. The summed E-state index contributed by atoms with van der Waals surface area (Å²) in [7, 11) is 1.37. The Labute approximate surface area is 114 Å². The highest BCUT2D eigenvalue weighted by Crippen LogP contribution is 2.09. The standard InChI is InChI=1S/C13H24N2O4/c1-3-4-5-14-12(16)10-15-6-7-19-11(9-15)8-13(17)18-2/h11H,3-10H2,1-2H3,(H,14,16). The number of carbonyl (C=O) groups excluding carboxylic acids is 2. The summed E-state index contributed by atoms with van der Waals surface area (Å²) in [6.45, 7) is 5.04. The van der Waals surface area contributed by atoms with Crippen molar-refractivity contribution in [1.82, 2.24) is 10.2 Å². The maximum atomic E-state index is 11.7. The highest BCUT2D eigenvalue weighted by atomic mass is 16.5. The van der Waals surface area contributed by atoms with Crippen LogP contribution in [0.2, 0.25) is 0 Å². The normalized spacial score (nSPS) is 20.0. The lowest BCUT2D eigenvalue weighted by atomic mass is 10.2. The zero-order valence-corrected chi connectivity index (χ0v) is 11.8. The van der Waals surface area contributed by atoms with Crippen LogP contribution in [-0.4, -0.2) is 62.8 Å². The smallest absolute Gasteiger partial charge is 0.308 e. The van der Waals surface area contributed by atoms with Gasteiger partial charge in [0.05, 0.1) is 32.8 Å². The maximum Gasteiger partial charge on any atom is 0.308 e. The Morgan fingerprint density at radius 3 is 2.95 bits per heavy atom. The van der Waals surface area contributed by atoms with E-state index in [0.717, 1.165) is 25.9 Å². The summed E-state index contributed by atoms with van der Waals surface area (Å²) in [5, 5.41) is 2.88. The second-order valence-electron chi connectivity index (χ2n) is 4.71. The van der Waals surface area contributed by atoms with Gasteiger partial charge in [-0.2, -0.15) is 0 Å². The van der Waals surface area contributed by atoms with Gasteiger partial charge in [0.15, 0.2) is 0 Å². The topological polar surface area (TPSA) is 67.9 Å². The van der Waals surface area contributed by atoms with E-state index >= 15 is 0 Å². The van der Waals surface area contributed by atoms with Crippen LogP contribution in [0.25, 0.3) is 0 Å². The highest BCUT2D eigenvalue weighted by molar-refractivity contribution is 5.78. The molecule has 0 radical (unpaired) electrons. The molecule has 0 aliphatic carbocycles. The Morgan fingerprint density at radius 1 is 1.47 bits per heavy atom. The fraction of sp³-hybridized carbons (Fsp3) is 0.846. The third kappa shape index (κ3) is 6.54. The average Bonchev–Trinajstić information content (AvgIpc) is 2.39. The first-order valence-electron chi connectivity index (χ1n) is 6.83. The van der Waals surface area contributed by atoms with Crippen molar-refractivity contribution < 1.29 is 19.1 Å². The van der Waals surface area contributed by atoms with Gasteiger partial charge >= 0.3 is 5.97 Å². The summed E-state index contributed by atoms with van der Waals surface area (Å²) in [5.41, 5.74) is 0. The van der Waals surface area contributed by atoms with E-state index in [2.05, 4.69) is 17.0 Å². The Hall–Kier alpha value is -1.14. The van der Waals surface area contributed by atoms with Crippen molar-refractivity contribution in [3.05, 3.63) is 0 Å². The molecule has 0 aromatic carbocycles. The van der Waals surface area contributed by atoms with E-state index in [1.54, 1.807) is 0 Å². The van der Waals surface area contributed by atoms with Crippen LogP contribution in [0.1, 0.15) is 26.2 Å². The molecular weight excluding hydrogens is 248 g/mol.